The zero-order chi connectivity index (χ0) is 39.1. The van der Waals surface area contributed by atoms with Crippen molar-refractivity contribution in [1.29, 1.82) is 0 Å². The van der Waals surface area contributed by atoms with Crippen LogP contribution in [0.25, 0.3) is 110 Å². The molecule has 0 saturated heterocycles. The van der Waals surface area contributed by atoms with Crippen LogP contribution in [-0.2, 0) is 0 Å². The van der Waals surface area contributed by atoms with Gasteiger partial charge < -0.3 is 0 Å². The molecular weight excluding hydrogens is 735 g/mol. The van der Waals surface area contributed by atoms with E-state index in [1.54, 1.807) is 11.3 Å². The monoisotopic (exact) mass is 769 g/mol. The van der Waals surface area contributed by atoms with E-state index in [0.29, 0.717) is 5.82 Å². The molecule has 0 bridgehead atoms. The minimum absolute atomic E-state index is 0.672. The zero-order valence-corrected chi connectivity index (χ0v) is 32.8. The first kappa shape index (κ1) is 34.7. The molecule has 4 heteroatoms. The molecule has 276 valence electrons. The number of aromatic nitrogens is 3. The number of fused-ring (bicyclic) bond motifs is 5. The standard InChI is InChI=1S/C55H35N3S/c1-4-14-36(15-5-1)38-26-28-40(29-27-38)50-35-49(39-18-8-3-9-19-39)57-55(58-50)45-23-13-22-44(33-45)53-54-52(46-24-10-11-25-51(46)59-54)47-34-43(30-31-48(47)56-53)42-21-12-20-41(32-42)37-16-6-2-7-17-37/h1-35H. The molecule has 3 nitrogen and oxygen atoms in total. The van der Waals surface area contributed by atoms with Crippen molar-refractivity contribution in [3.63, 3.8) is 0 Å². The Kier molecular flexibility index (Phi) is 8.68. The molecule has 3 aromatic heterocycles. The van der Waals surface area contributed by atoms with Crippen molar-refractivity contribution >= 4 is 42.4 Å². The van der Waals surface area contributed by atoms with Crippen LogP contribution in [0.2, 0.25) is 0 Å². The lowest BCUT2D eigenvalue weighted by atomic mass is 9.96. The fourth-order valence-electron chi connectivity index (χ4n) is 8.12. The maximum absolute atomic E-state index is 5.44. The maximum Gasteiger partial charge on any atom is 0.160 e. The molecule has 0 aliphatic heterocycles. The molecule has 59 heavy (non-hydrogen) atoms. The van der Waals surface area contributed by atoms with Crippen LogP contribution in [0, 0.1) is 0 Å². The Hall–Kier alpha value is -7.53. The number of nitrogens with zero attached hydrogens (tertiary/aromatic N) is 3. The van der Waals surface area contributed by atoms with Crippen LogP contribution >= 0.6 is 11.3 Å². The predicted octanol–water partition coefficient (Wildman–Crippen LogP) is 15.1. The van der Waals surface area contributed by atoms with Crippen molar-refractivity contribution in [3.8, 4) is 78.5 Å². The summed E-state index contributed by atoms with van der Waals surface area (Å²) in [5.41, 5.74) is 14.9. The van der Waals surface area contributed by atoms with Gasteiger partial charge in [-0.2, -0.15) is 0 Å². The third-order valence-electron chi connectivity index (χ3n) is 11.1. The normalized spacial score (nSPS) is 11.4. The van der Waals surface area contributed by atoms with Crippen LogP contribution in [0.4, 0.5) is 0 Å². The number of thiophene rings is 1. The minimum Gasteiger partial charge on any atom is -0.246 e. The van der Waals surface area contributed by atoms with Gasteiger partial charge in [0.2, 0.25) is 0 Å². The molecule has 0 aliphatic rings. The molecule has 0 fully saturated rings. The first-order valence-corrected chi connectivity index (χ1v) is 20.7. The Morgan fingerprint density at radius 3 is 1.49 bits per heavy atom. The van der Waals surface area contributed by atoms with Crippen LogP contribution in [0.5, 0.6) is 0 Å². The Morgan fingerprint density at radius 2 is 0.780 bits per heavy atom. The van der Waals surface area contributed by atoms with Crippen molar-refractivity contribution < 1.29 is 0 Å². The van der Waals surface area contributed by atoms with Gasteiger partial charge in [-0.3, -0.25) is 0 Å². The maximum atomic E-state index is 5.44. The van der Waals surface area contributed by atoms with Crippen molar-refractivity contribution in [1.82, 2.24) is 15.0 Å². The highest BCUT2D eigenvalue weighted by atomic mass is 32.1. The Labute approximate surface area is 346 Å². The van der Waals surface area contributed by atoms with Gasteiger partial charge in [0.25, 0.3) is 0 Å². The molecule has 0 saturated carbocycles. The summed E-state index contributed by atoms with van der Waals surface area (Å²) in [6.45, 7) is 0. The van der Waals surface area contributed by atoms with Crippen molar-refractivity contribution in [2.45, 2.75) is 0 Å². The third-order valence-corrected chi connectivity index (χ3v) is 12.3. The molecule has 0 atom stereocenters. The molecule has 0 radical (unpaired) electrons. The van der Waals surface area contributed by atoms with Crippen LogP contribution in [0.15, 0.2) is 212 Å². The van der Waals surface area contributed by atoms with E-state index in [0.717, 1.165) is 50.2 Å². The molecule has 8 aromatic carbocycles. The molecule has 0 N–H and O–H groups in total. The van der Waals surface area contributed by atoms with Gasteiger partial charge in [-0.05, 0) is 69.8 Å². The van der Waals surface area contributed by atoms with Gasteiger partial charge in [-0.1, -0.05) is 176 Å². The first-order valence-electron chi connectivity index (χ1n) is 19.8. The van der Waals surface area contributed by atoms with Crippen LogP contribution in [-0.4, -0.2) is 15.0 Å². The molecule has 0 unspecified atom stereocenters. The summed E-state index contributed by atoms with van der Waals surface area (Å²) in [6.07, 6.45) is 0. The summed E-state index contributed by atoms with van der Waals surface area (Å²) in [7, 11) is 0. The SMILES string of the molecule is c1ccc(-c2ccc(-c3cc(-c4ccccc4)nc(-c4cccc(-c5nc6ccc(-c7cccc(-c8ccccc8)c7)cc6c6c5sc5ccccc56)c4)n3)cc2)cc1. The second kappa shape index (κ2) is 14.8. The van der Waals surface area contributed by atoms with Crippen LogP contribution in [0.3, 0.4) is 0 Å². The highest BCUT2D eigenvalue weighted by Crippen LogP contribution is 2.44. The Bertz CT molecular complexity index is 3300. The second-order valence-corrected chi connectivity index (χ2v) is 15.8. The molecular formula is C55H35N3S. The molecule has 0 aliphatic carbocycles. The largest absolute Gasteiger partial charge is 0.246 e. The van der Waals surface area contributed by atoms with E-state index in [4.69, 9.17) is 15.0 Å². The van der Waals surface area contributed by atoms with Gasteiger partial charge in [0.15, 0.2) is 5.82 Å². The second-order valence-electron chi connectivity index (χ2n) is 14.8. The zero-order valence-electron chi connectivity index (χ0n) is 32.0. The molecule has 3 heterocycles. The lowest BCUT2D eigenvalue weighted by Crippen LogP contribution is -1.96. The van der Waals surface area contributed by atoms with Gasteiger partial charge in [-0.15, -0.1) is 11.3 Å². The summed E-state index contributed by atoms with van der Waals surface area (Å²) in [6, 6.07) is 74.9. The van der Waals surface area contributed by atoms with Crippen molar-refractivity contribution in [3.05, 3.63) is 212 Å². The highest BCUT2D eigenvalue weighted by molar-refractivity contribution is 7.26. The number of benzene rings is 8. The summed E-state index contributed by atoms with van der Waals surface area (Å²) < 4.78 is 2.41. The van der Waals surface area contributed by atoms with E-state index in [1.165, 1.54) is 53.6 Å². The number of hydrogen-bond donors (Lipinski definition) is 0. The Morgan fingerprint density at radius 1 is 0.305 bits per heavy atom. The van der Waals surface area contributed by atoms with Crippen LogP contribution in [0.1, 0.15) is 0 Å². The van der Waals surface area contributed by atoms with Gasteiger partial charge in [-0.25, -0.2) is 15.0 Å². The summed E-state index contributed by atoms with van der Waals surface area (Å²) in [5, 5.41) is 3.64. The average Bonchev–Trinajstić information content (AvgIpc) is 3.72. The molecule has 11 rings (SSSR count). The highest BCUT2D eigenvalue weighted by Gasteiger charge is 2.18. The lowest BCUT2D eigenvalue weighted by molar-refractivity contribution is 1.18. The summed E-state index contributed by atoms with van der Waals surface area (Å²) >= 11 is 1.81. The van der Waals surface area contributed by atoms with Gasteiger partial charge in [0.05, 0.1) is 27.3 Å². The molecule has 11 aromatic rings. The van der Waals surface area contributed by atoms with E-state index in [2.05, 4.69) is 200 Å². The number of rotatable bonds is 7. The van der Waals surface area contributed by atoms with Crippen molar-refractivity contribution in [2.75, 3.05) is 0 Å². The summed E-state index contributed by atoms with van der Waals surface area (Å²) in [4.78, 5) is 15.8. The third kappa shape index (κ3) is 6.56. The van der Waals surface area contributed by atoms with E-state index in [-0.39, 0.29) is 0 Å². The van der Waals surface area contributed by atoms with Gasteiger partial charge in [0.1, 0.15) is 0 Å². The molecule has 0 spiro atoms. The van der Waals surface area contributed by atoms with Crippen LogP contribution < -0.4 is 0 Å². The minimum atomic E-state index is 0.672. The number of hydrogen-bond acceptors (Lipinski definition) is 4. The lowest BCUT2D eigenvalue weighted by Gasteiger charge is -2.12. The van der Waals surface area contributed by atoms with Gasteiger partial charge in [0, 0.05) is 43.1 Å². The predicted molar refractivity (Wildman–Crippen MR) is 248 cm³/mol. The summed E-state index contributed by atoms with van der Waals surface area (Å²) in [5.74, 6) is 0.672. The number of pyridine rings is 1. The van der Waals surface area contributed by atoms with E-state index in [9.17, 15) is 0 Å². The fraction of sp³-hybridized carbons (Fsp3) is 0. The van der Waals surface area contributed by atoms with Crippen molar-refractivity contribution in [2.24, 2.45) is 0 Å². The quantitative estimate of drug-likeness (QED) is 0.162. The van der Waals surface area contributed by atoms with E-state index < -0.39 is 0 Å². The van der Waals surface area contributed by atoms with E-state index in [1.807, 2.05) is 12.1 Å². The molecule has 0 amide bonds. The first-order chi connectivity index (χ1) is 29.2. The Balaban J connectivity index is 1.04. The van der Waals surface area contributed by atoms with E-state index >= 15 is 0 Å². The average molecular weight is 770 g/mol. The smallest absolute Gasteiger partial charge is 0.160 e. The van der Waals surface area contributed by atoms with Gasteiger partial charge >= 0.3 is 0 Å². The fourth-order valence-corrected chi connectivity index (χ4v) is 9.35. The topological polar surface area (TPSA) is 38.7 Å².